The highest BCUT2D eigenvalue weighted by molar-refractivity contribution is 5.45. The van der Waals surface area contributed by atoms with E-state index in [2.05, 4.69) is 0 Å². The summed E-state index contributed by atoms with van der Waals surface area (Å²) in [7, 11) is 3.21. The van der Waals surface area contributed by atoms with Gasteiger partial charge in [-0.15, -0.1) is 0 Å². The lowest BCUT2D eigenvalue weighted by Crippen LogP contribution is -2.06. The Morgan fingerprint density at radius 3 is 2.29 bits per heavy atom. The summed E-state index contributed by atoms with van der Waals surface area (Å²) in [6, 6.07) is 15.5. The maximum Gasteiger partial charge on any atom is 0.164 e. The molecule has 0 aliphatic rings. The first-order valence-electron chi connectivity index (χ1n) is 6.80. The lowest BCUT2D eigenvalue weighted by Gasteiger charge is -2.11. The van der Waals surface area contributed by atoms with Gasteiger partial charge in [0.05, 0.1) is 27.4 Å². The Kier molecular flexibility index (Phi) is 5.91. The molecule has 0 saturated heterocycles. The summed E-state index contributed by atoms with van der Waals surface area (Å²) >= 11 is 0. The van der Waals surface area contributed by atoms with Crippen LogP contribution in [0.2, 0.25) is 0 Å². The van der Waals surface area contributed by atoms with Crippen molar-refractivity contribution in [2.24, 2.45) is 0 Å². The molecule has 2 aromatic rings. The molecule has 0 aromatic heterocycles. The summed E-state index contributed by atoms with van der Waals surface area (Å²) in [4.78, 5) is 0. The second kappa shape index (κ2) is 8.17. The van der Waals surface area contributed by atoms with E-state index < -0.39 is 0 Å². The van der Waals surface area contributed by atoms with Crippen molar-refractivity contribution in [3.63, 3.8) is 0 Å². The van der Waals surface area contributed by atoms with Gasteiger partial charge in [0.1, 0.15) is 12.4 Å². The molecule has 4 heteroatoms. The Labute approximate surface area is 125 Å². The van der Waals surface area contributed by atoms with Crippen LogP contribution in [0.15, 0.2) is 48.5 Å². The lowest BCUT2D eigenvalue weighted by molar-refractivity contribution is 0.0888. The zero-order valence-corrected chi connectivity index (χ0v) is 12.4. The molecule has 0 aliphatic heterocycles. The number of ether oxygens (including phenoxy) is 4. The van der Waals surface area contributed by atoms with Gasteiger partial charge in [-0.05, 0) is 17.7 Å². The Balaban J connectivity index is 1.73. The van der Waals surface area contributed by atoms with Gasteiger partial charge in [-0.2, -0.15) is 0 Å². The van der Waals surface area contributed by atoms with Crippen LogP contribution in [0.3, 0.4) is 0 Å². The zero-order chi connectivity index (χ0) is 14.9. The van der Waals surface area contributed by atoms with E-state index in [1.807, 2.05) is 42.5 Å². The second-order valence-electron chi connectivity index (χ2n) is 4.40. The topological polar surface area (TPSA) is 36.9 Å². The van der Waals surface area contributed by atoms with Crippen LogP contribution in [0, 0.1) is 0 Å². The van der Waals surface area contributed by atoms with E-state index in [0.717, 1.165) is 11.3 Å². The Morgan fingerprint density at radius 1 is 0.810 bits per heavy atom. The van der Waals surface area contributed by atoms with Gasteiger partial charge in [0.2, 0.25) is 0 Å². The molecule has 0 unspecified atom stereocenters. The Morgan fingerprint density at radius 2 is 1.57 bits per heavy atom. The van der Waals surface area contributed by atoms with Gasteiger partial charge in [0, 0.05) is 6.07 Å². The molecule has 112 valence electrons. The molecule has 2 rings (SSSR count). The van der Waals surface area contributed by atoms with E-state index >= 15 is 0 Å². The standard InChI is InChI=1S/C17H20O4/c1-18-16-9-8-15(12-17(16)19-2)21-11-10-20-13-14-6-4-3-5-7-14/h3-9,12H,10-11,13H2,1-2H3. The van der Waals surface area contributed by atoms with E-state index in [4.69, 9.17) is 18.9 Å². The van der Waals surface area contributed by atoms with Crippen LogP contribution in [-0.2, 0) is 11.3 Å². The van der Waals surface area contributed by atoms with Gasteiger partial charge in [-0.25, -0.2) is 0 Å². The summed E-state index contributed by atoms with van der Waals surface area (Å²) in [5, 5.41) is 0. The molecule has 0 heterocycles. The molecule has 0 atom stereocenters. The largest absolute Gasteiger partial charge is 0.493 e. The highest BCUT2D eigenvalue weighted by atomic mass is 16.5. The third kappa shape index (κ3) is 4.68. The number of rotatable bonds is 8. The van der Waals surface area contributed by atoms with Crippen LogP contribution in [0.25, 0.3) is 0 Å². The van der Waals surface area contributed by atoms with E-state index in [9.17, 15) is 0 Å². The predicted octanol–water partition coefficient (Wildman–Crippen LogP) is 3.30. The van der Waals surface area contributed by atoms with Gasteiger partial charge in [-0.1, -0.05) is 30.3 Å². The molecular weight excluding hydrogens is 268 g/mol. The molecule has 0 aliphatic carbocycles. The fourth-order valence-electron chi connectivity index (χ4n) is 1.89. The van der Waals surface area contributed by atoms with Crippen LogP contribution < -0.4 is 14.2 Å². The molecule has 0 bridgehead atoms. The summed E-state index contributed by atoms with van der Waals surface area (Å²) < 4.78 is 21.6. The number of hydrogen-bond donors (Lipinski definition) is 0. The molecule has 0 spiro atoms. The third-order valence-electron chi connectivity index (χ3n) is 2.96. The van der Waals surface area contributed by atoms with Crippen LogP contribution in [0.5, 0.6) is 17.2 Å². The van der Waals surface area contributed by atoms with Crippen molar-refractivity contribution in [3.05, 3.63) is 54.1 Å². The van der Waals surface area contributed by atoms with E-state index in [0.29, 0.717) is 31.3 Å². The van der Waals surface area contributed by atoms with Crippen molar-refractivity contribution in [2.75, 3.05) is 27.4 Å². The van der Waals surface area contributed by atoms with Crippen molar-refractivity contribution in [3.8, 4) is 17.2 Å². The van der Waals surface area contributed by atoms with Crippen molar-refractivity contribution in [1.29, 1.82) is 0 Å². The summed E-state index contributed by atoms with van der Waals surface area (Å²) in [6.45, 7) is 1.61. The van der Waals surface area contributed by atoms with Gasteiger partial charge in [0.25, 0.3) is 0 Å². The SMILES string of the molecule is COc1ccc(OCCOCc2ccccc2)cc1OC. The van der Waals surface area contributed by atoms with E-state index in [1.165, 1.54) is 0 Å². The van der Waals surface area contributed by atoms with Crippen molar-refractivity contribution >= 4 is 0 Å². The predicted molar refractivity (Wildman–Crippen MR) is 81.1 cm³/mol. The minimum atomic E-state index is 0.488. The summed E-state index contributed by atoms with van der Waals surface area (Å²) in [5.41, 5.74) is 1.16. The first-order valence-corrected chi connectivity index (χ1v) is 6.80. The average Bonchev–Trinajstić information content (AvgIpc) is 2.55. The van der Waals surface area contributed by atoms with Crippen LogP contribution in [-0.4, -0.2) is 27.4 Å². The first kappa shape index (κ1) is 15.2. The van der Waals surface area contributed by atoms with Crippen molar-refractivity contribution < 1.29 is 18.9 Å². The fraction of sp³-hybridized carbons (Fsp3) is 0.294. The molecule has 0 saturated carbocycles. The monoisotopic (exact) mass is 288 g/mol. The van der Waals surface area contributed by atoms with Gasteiger partial charge < -0.3 is 18.9 Å². The molecule has 4 nitrogen and oxygen atoms in total. The molecule has 0 amide bonds. The Bertz CT molecular complexity index is 540. The van der Waals surface area contributed by atoms with Crippen LogP contribution in [0.4, 0.5) is 0 Å². The molecule has 2 aromatic carbocycles. The average molecular weight is 288 g/mol. The molecular formula is C17H20O4. The van der Waals surface area contributed by atoms with Crippen LogP contribution >= 0.6 is 0 Å². The highest BCUT2D eigenvalue weighted by Crippen LogP contribution is 2.30. The lowest BCUT2D eigenvalue weighted by atomic mass is 10.2. The molecule has 21 heavy (non-hydrogen) atoms. The van der Waals surface area contributed by atoms with Crippen molar-refractivity contribution in [2.45, 2.75) is 6.61 Å². The van der Waals surface area contributed by atoms with Gasteiger partial charge in [-0.3, -0.25) is 0 Å². The molecule has 0 N–H and O–H groups in total. The number of hydrogen-bond acceptors (Lipinski definition) is 4. The minimum Gasteiger partial charge on any atom is -0.493 e. The Hall–Kier alpha value is -2.20. The molecule has 0 radical (unpaired) electrons. The van der Waals surface area contributed by atoms with Crippen molar-refractivity contribution in [1.82, 2.24) is 0 Å². The maximum absolute atomic E-state index is 5.63. The normalized spacial score (nSPS) is 10.2. The first-order chi connectivity index (χ1) is 10.3. The third-order valence-corrected chi connectivity index (χ3v) is 2.96. The fourth-order valence-corrected chi connectivity index (χ4v) is 1.89. The summed E-state index contributed by atoms with van der Waals surface area (Å²) in [5.74, 6) is 2.07. The highest BCUT2D eigenvalue weighted by Gasteiger charge is 2.05. The molecule has 0 fully saturated rings. The van der Waals surface area contributed by atoms with Gasteiger partial charge in [0.15, 0.2) is 11.5 Å². The summed E-state index contributed by atoms with van der Waals surface area (Å²) in [6.07, 6.45) is 0. The van der Waals surface area contributed by atoms with Gasteiger partial charge >= 0.3 is 0 Å². The zero-order valence-electron chi connectivity index (χ0n) is 12.4. The second-order valence-corrected chi connectivity index (χ2v) is 4.40. The number of benzene rings is 2. The maximum atomic E-state index is 5.63. The van der Waals surface area contributed by atoms with Crippen LogP contribution in [0.1, 0.15) is 5.56 Å². The minimum absolute atomic E-state index is 0.488. The van der Waals surface area contributed by atoms with E-state index in [1.54, 1.807) is 20.3 Å². The van der Waals surface area contributed by atoms with E-state index in [-0.39, 0.29) is 0 Å². The quantitative estimate of drug-likeness (QED) is 0.698. The smallest absolute Gasteiger partial charge is 0.164 e. The number of methoxy groups -OCH3 is 2.